The number of thiocarbonyl (C=S) groups is 1. The lowest BCUT2D eigenvalue weighted by atomic mass is 10.1. The molecule has 0 saturated heterocycles. The minimum Gasteiger partial charge on any atom is -0.351 e. The van der Waals surface area contributed by atoms with Crippen LogP contribution in [-0.4, -0.2) is 23.1 Å². The van der Waals surface area contributed by atoms with Gasteiger partial charge in [0.1, 0.15) is 17.5 Å². The molecular weight excluding hydrogens is 375 g/mol. The van der Waals surface area contributed by atoms with Gasteiger partial charge >= 0.3 is 0 Å². The average molecular weight is 391 g/mol. The Morgan fingerprint density at radius 3 is 2.30 bits per heavy atom. The number of carbonyl (C=O) groups excluding carboxylic acids is 2. The zero-order valence-electron chi connectivity index (χ0n) is 14.2. The topological polar surface area (TPSA) is 46.2 Å². The predicted molar refractivity (Wildman–Crippen MR) is 101 cm³/mol. The van der Waals surface area contributed by atoms with Gasteiger partial charge < -0.3 is 5.32 Å². The number of amides is 1. The molecule has 7 heteroatoms. The molecular formula is C20H16F3NO2S. The fraction of sp³-hybridized carbons (Fsp3) is 0.150. The molecule has 1 N–H and O–H groups in total. The summed E-state index contributed by atoms with van der Waals surface area (Å²) in [5, 5.41) is 2.62. The van der Waals surface area contributed by atoms with Crippen LogP contribution in [0.25, 0.3) is 6.08 Å². The fourth-order valence-electron chi connectivity index (χ4n) is 2.25. The Hall–Kier alpha value is -2.80. The first-order valence-electron chi connectivity index (χ1n) is 8.03. The van der Waals surface area contributed by atoms with Gasteiger partial charge in [-0.25, -0.2) is 13.2 Å². The van der Waals surface area contributed by atoms with Crippen molar-refractivity contribution >= 4 is 34.8 Å². The first-order chi connectivity index (χ1) is 12.8. The van der Waals surface area contributed by atoms with Crippen LogP contribution in [0.5, 0.6) is 0 Å². The van der Waals surface area contributed by atoms with Gasteiger partial charge in [0.05, 0.1) is 6.42 Å². The average Bonchev–Trinajstić information content (AvgIpc) is 2.60. The van der Waals surface area contributed by atoms with Crippen LogP contribution in [0.15, 0.2) is 48.5 Å². The third-order valence-electron chi connectivity index (χ3n) is 3.54. The number of benzene rings is 2. The zero-order chi connectivity index (χ0) is 19.8. The lowest BCUT2D eigenvalue weighted by Crippen LogP contribution is -2.30. The summed E-state index contributed by atoms with van der Waals surface area (Å²) in [4.78, 5) is 24.0. The zero-order valence-corrected chi connectivity index (χ0v) is 15.0. The monoisotopic (exact) mass is 391 g/mol. The maximum absolute atomic E-state index is 13.5. The number of hydrogen-bond acceptors (Lipinski definition) is 3. The van der Waals surface area contributed by atoms with Gasteiger partial charge in [-0.3, -0.25) is 9.59 Å². The maximum Gasteiger partial charge on any atom is 0.224 e. The second-order valence-corrected chi connectivity index (χ2v) is 6.31. The molecule has 140 valence electrons. The summed E-state index contributed by atoms with van der Waals surface area (Å²) < 4.78 is 39.8. The van der Waals surface area contributed by atoms with Crippen molar-refractivity contribution in [2.24, 2.45) is 0 Å². The summed E-state index contributed by atoms with van der Waals surface area (Å²) in [5.41, 5.74) is 0.343. The van der Waals surface area contributed by atoms with Crippen LogP contribution in [0.1, 0.15) is 17.5 Å². The van der Waals surface area contributed by atoms with E-state index in [0.29, 0.717) is 12.1 Å². The summed E-state index contributed by atoms with van der Waals surface area (Å²) in [5.74, 6) is -3.97. The molecule has 0 atom stereocenters. The first kappa shape index (κ1) is 20.5. The molecule has 0 fully saturated rings. The van der Waals surface area contributed by atoms with Crippen LogP contribution in [0, 0.1) is 17.5 Å². The van der Waals surface area contributed by atoms with E-state index in [9.17, 15) is 22.8 Å². The van der Waals surface area contributed by atoms with Gasteiger partial charge in [-0.1, -0.05) is 42.5 Å². The van der Waals surface area contributed by atoms with E-state index in [4.69, 9.17) is 12.2 Å². The molecule has 0 aliphatic rings. The molecule has 2 rings (SSSR count). The van der Waals surface area contributed by atoms with Crippen molar-refractivity contribution in [3.63, 3.8) is 0 Å². The van der Waals surface area contributed by atoms with Crippen molar-refractivity contribution in [2.75, 3.05) is 6.54 Å². The Balaban J connectivity index is 1.82. The third kappa shape index (κ3) is 6.79. The van der Waals surface area contributed by atoms with Crippen molar-refractivity contribution < 1.29 is 22.8 Å². The molecule has 2 aromatic rings. The third-order valence-corrected chi connectivity index (χ3v) is 3.83. The Kier molecular flexibility index (Phi) is 7.43. The molecule has 1 amide bonds. The smallest absolute Gasteiger partial charge is 0.224 e. The quantitative estimate of drug-likeness (QED) is 0.550. The molecule has 0 aliphatic carbocycles. The predicted octanol–water partition coefficient (Wildman–Crippen LogP) is 3.81. The first-order valence-corrected chi connectivity index (χ1v) is 8.43. The summed E-state index contributed by atoms with van der Waals surface area (Å²) >= 11 is 5.05. The van der Waals surface area contributed by atoms with Crippen LogP contribution in [0.2, 0.25) is 0 Å². The van der Waals surface area contributed by atoms with E-state index in [1.807, 2.05) is 30.3 Å². The van der Waals surface area contributed by atoms with Crippen molar-refractivity contribution in [1.29, 1.82) is 0 Å². The summed E-state index contributed by atoms with van der Waals surface area (Å²) in [6, 6.07) is 10.2. The summed E-state index contributed by atoms with van der Waals surface area (Å²) in [6.07, 6.45) is 1.93. The number of nitrogens with one attached hydrogen (secondary N) is 1. The minimum atomic E-state index is -1.10. The van der Waals surface area contributed by atoms with E-state index in [1.54, 1.807) is 0 Å². The number of carbonyl (C=O) groups is 2. The van der Waals surface area contributed by atoms with Crippen molar-refractivity contribution in [3.8, 4) is 0 Å². The highest BCUT2D eigenvalue weighted by molar-refractivity contribution is 7.80. The number of rotatable bonds is 8. The molecule has 27 heavy (non-hydrogen) atoms. The molecule has 0 aromatic heterocycles. The molecule has 0 bridgehead atoms. The Morgan fingerprint density at radius 2 is 1.67 bits per heavy atom. The van der Waals surface area contributed by atoms with Crippen molar-refractivity contribution in [3.05, 3.63) is 77.1 Å². The van der Waals surface area contributed by atoms with Gasteiger partial charge in [0.15, 0.2) is 5.78 Å². The second-order valence-electron chi connectivity index (χ2n) is 5.74. The highest BCUT2D eigenvalue weighted by atomic mass is 32.1. The molecule has 0 unspecified atom stereocenters. The van der Waals surface area contributed by atoms with E-state index < -0.39 is 28.8 Å². The normalized spacial score (nSPS) is 10.8. The highest BCUT2D eigenvalue weighted by Crippen LogP contribution is 2.16. The van der Waals surface area contributed by atoms with Gasteiger partial charge in [-0.15, -0.1) is 0 Å². The molecule has 0 aliphatic heterocycles. The van der Waals surface area contributed by atoms with Crippen molar-refractivity contribution in [2.45, 2.75) is 12.8 Å². The van der Waals surface area contributed by atoms with Crippen LogP contribution in [-0.2, 0) is 16.0 Å². The number of hydrogen-bond donors (Lipinski definition) is 1. The van der Waals surface area contributed by atoms with Crippen molar-refractivity contribution in [1.82, 2.24) is 5.32 Å². The van der Waals surface area contributed by atoms with Crippen LogP contribution in [0.4, 0.5) is 13.2 Å². The SMILES string of the molecule is O=C(/C=C/c1c(F)cc(F)cc1F)CC(=S)CNC(=O)Cc1ccccc1. The van der Waals surface area contributed by atoms with E-state index in [0.717, 1.165) is 17.7 Å². The standard InChI is InChI=1S/C20H16F3NO2S/c21-14-9-18(22)17(19(23)10-14)7-6-15(25)11-16(27)12-24-20(26)8-13-4-2-1-3-5-13/h1-7,9-10H,8,11-12H2,(H,24,26)/b7-6+. The molecule has 0 saturated carbocycles. The Labute approximate surface area is 159 Å². The van der Waals surface area contributed by atoms with Crippen LogP contribution < -0.4 is 5.32 Å². The molecule has 0 spiro atoms. The van der Waals surface area contributed by atoms with Gasteiger partial charge in [0.25, 0.3) is 0 Å². The second kappa shape index (κ2) is 9.78. The number of ketones is 1. The van der Waals surface area contributed by atoms with Gasteiger partial charge in [-0.2, -0.15) is 0 Å². The number of halogens is 3. The van der Waals surface area contributed by atoms with Gasteiger partial charge in [0, 0.05) is 35.5 Å². The van der Waals surface area contributed by atoms with E-state index in [-0.39, 0.29) is 30.2 Å². The van der Waals surface area contributed by atoms with Crippen LogP contribution >= 0.6 is 12.2 Å². The molecule has 3 nitrogen and oxygen atoms in total. The lowest BCUT2D eigenvalue weighted by Gasteiger charge is -2.06. The Bertz CT molecular complexity index is 859. The number of allylic oxidation sites excluding steroid dienone is 1. The van der Waals surface area contributed by atoms with Crippen LogP contribution in [0.3, 0.4) is 0 Å². The van der Waals surface area contributed by atoms with E-state index >= 15 is 0 Å². The Morgan fingerprint density at radius 1 is 1.04 bits per heavy atom. The minimum absolute atomic E-state index is 0.0415. The lowest BCUT2D eigenvalue weighted by molar-refractivity contribution is -0.120. The molecule has 0 radical (unpaired) electrons. The maximum atomic E-state index is 13.5. The van der Waals surface area contributed by atoms with E-state index in [2.05, 4.69) is 5.32 Å². The fourth-order valence-corrected chi connectivity index (χ4v) is 2.46. The van der Waals surface area contributed by atoms with Gasteiger partial charge in [0.2, 0.25) is 5.91 Å². The van der Waals surface area contributed by atoms with Gasteiger partial charge in [-0.05, 0) is 17.7 Å². The molecule has 0 heterocycles. The summed E-state index contributed by atoms with van der Waals surface area (Å²) in [7, 11) is 0. The highest BCUT2D eigenvalue weighted by Gasteiger charge is 2.10. The summed E-state index contributed by atoms with van der Waals surface area (Å²) in [6.45, 7) is 0.0415. The molecule has 2 aromatic carbocycles. The largest absolute Gasteiger partial charge is 0.351 e. The van der Waals surface area contributed by atoms with E-state index in [1.165, 1.54) is 0 Å².